The maximum atomic E-state index is 10.1. The first-order valence-corrected chi connectivity index (χ1v) is 11.5. The molecule has 4 N–H and O–H groups in total. The summed E-state index contributed by atoms with van der Waals surface area (Å²) in [7, 11) is 1.60. The maximum Gasteiger partial charge on any atom is 0.213 e. The van der Waals surface area contributed by atoms with Crippen LogP contribution < -0.4 is 9.47 Å². The lowest BCUT2D eigenvalue weighted by molar-refractivity contribution is -0.294. The molecular weight excluding hydrogens is 430 g/mol. The SMILES string of the molecule is COc1ccc2cc(OCCCCCCCCO[C@H]3[C@H](O)[C@@H](CO)OC(O)[C@@H]3O)ccc2n1. The summed E-state index contributed by atoms with van der Waals surface area (Å²) in [6, 6.07) is 9.63. The van der Waals surface area contributed by atoms with Gasteiger partial charge in [0, 0.05) is 18.1 Å². The van der Waals surface area contributed by atoms with Crippen molar-refractivity contribution in [3.63, 3.8) is 0 Å². The van der Waals surface area contributed by atoms with Gasteiger partial charge in [0.2, 0.25) is 5.88 Å². The van der Waals surface area contributed by atoms with Gasteiger partial charge in [-0.05, 0) is 37.1 Å². The number of benzene rings is 1. The molecule has 1 aliphatic heterocycles. The predicted molar refractivity (Wildman–Crippen MR) is 121 cm³/mol. The Balaban J connectivity index is 1.24. The third-order valence-electron chi connectivity index (χ3n) is 5.80. The van der Waals surface area contributed by atoms with Gasteiger partial charge in [-0.2, -0.15) is 0 Å². The Morgan fingerprint density at radius 3 is 2.36 bits per heavy atom. The van der Waals surface area contributed by atoms with Crippen molar-refractivity contribution in [1.29, 1.82) is 0 Å². The summed E-state index contributed by atoms with van der Waals surface area (Å²) in [5.74, 6) is 1.42. The topological polar surface area (TPSA) is 131 Å². The van der Waals surface area contributed by atoms with Gasteiger partial charge in [-0.25, -0.2) is 4.98 Å². The van der Waals surface area contributed by atoms with Gasteiger partial charge in [-0.15, -0.1) is 0 Å². The van der Waals surface area contributed by atoms with E-state index < -0.39 is 37.3 Å². The number of aromatic nitrogens is 1. The first-order valence-electron chi connectivity index (χ1n) is 11.5. The number of nitrogens with zero attached hydrogens (tertiary/aromatic N) is 1. The van der Waals surface area contributed by atoms with Gasteiger partial charge < -0.3 is 39.4 Å². The molecule has 1 aliphatic rings. The molecule has 2 aromatic rings. The lowest BCUT2D eigenvalue weighted by Crippen LogP contribution is -2.59. The van der Waals surface area contributed by atoms with E-state index in [2.05, 4.69) is 4.98 Å². The van der Waals surface area contributed by atoms with E-state index in [0.29, 0.717) is 19.1 Å². The van der Waals surface area contributed by atoms with Gasteiger partial charge >= 0.3 is 0 Å². The summed E-state index contributed by atoms with van der Waals surface area (Å²) in [6.45, 7) is 0.559. The minimum absolute atomic E-state index is 0.357. The van der Waals surface area contributed by atoms with Crippen LogP contribution >= 0.6 is 0 Å². The van der Waals surface area contributed by atoms with Crippen LogP contribution in [0.2, 0.25) is 0 Å². The van der Waals surface area contributed by atoms with Crippen LogP contribution in [0.25, 0.3) is 10.9 Å². The molecule has 0 amide bonds. The molecule has 0 spiro atoms. The smallest absolute Gasteiger partial charge is 0.213 e. The Labute approximate surface area is 193 Å². The second-order valence-corrected chi connectivity index (χ2v) is 8.24. The van der Waals surface area contributed by atoms with Crippen LogP contribution in [0.5, 0.6) is 11.6 Å². The van der Waals surface area contributed by atoms with Crippen molar-refractivity contribution in [2.75, 3.05) is 26.9 Å². The monoisotopic (exact) mass is 465 g/mol. The van der Waals surface area contributed by atoms with Crippen molar-refractivity contribution in [3.8, 4) is 11.6 Å². The second kappa shape index (κ2) is 13.0. The molecular formula is C24H35NO8. The molecule has 9 heteroatoms. The fourth-order valence-corrected chi connectivity index (χ4v) is 3.87. The highest BCUT2D eigenvalue weighted by molar-refractivity contribution is 5.80. The molecule has 1 unspecified atom stereocenters. The van der Waals surface area contributed by atoms with E-state index >= 15 is 0 Å². The van der Waals surface area contributed by atoms with E-state index in [0.717, 1.165) is 55.2 Å². The zero-order chi connectivity index (χ0) is 23.6. The molecule has 1 fully saturated rings. The van der Waals surface area contributed by atoms with E-state index in [-0.39, 0.29) is 0 Å². The summed E-state index contributed by atoms with van der Waals surface area (Å²) in [5.41, 5.74) is 0.871. The van der Waals surface area contributed by atoms with Crippen molar-refractivity contribution in [1.82, 2.24) is 4.98 Å². The zero-order valence-electron chi connectivity index (χ0n) is 19.0. The minimum Gasteiger partial charge on any atom is -0.494 e. The first kappa shape index (κ1) is 25.6. The van der Waals surface area contributed by atoms with Crippen molar-refractivity contribution in [3.05, 3.63) is 30.3 Å². The predicted octanol–water partition coefficient (Wildman–Crippen LogP) is 1.78. The largest absolute Gasteiger partial charge is 0.494 e. The molecule has 9 nitrogen and oxygen atoms in total. The normalized spacial score (nSPS) is 25.3. The van der Waals surface area contributed by atoms with E-state index in [1.54, 1.807) is 7.11 Å². The number of aliphatic hydroxyl groups is 4. The van der Waals surface area contributed by atoms with Crippen LogP contribution in [0.3, 0.4) is 0 Å². The highest BCUT2D eigenvalue weighted by Crippen LogP contribution is 2.23. The van der Waals surface area contributed by atoms with Gasteiger partial charge in [0.05, 0.1) is 25.8 Å². The van der Waals surface area contributed by atoms with E-state index in [4.69, 9.17) is 18.9 Å². The second-order valence-electron chi connectivity index (χ2n) is 8.24. The number of ether oxygens (including phenoxy) is 4. The van der Waals surface area contributed by atoms with Crippen molar-refractivity contribution in [2.24, 2.45) is 0 Å². The highest BCUT2D eigenvalue weighted by atomic mass is 16.6. The number of rotatable bonds is 13. The van der Waals surface area contributed by atoms with Crippen LogP contribution in [-0.4, -0.2) is 83.0 Å². The highest BCUT2D eigenvalue weighted by Gasteiger charge is 2.44. The Bertz CT molecular complexity index is 850. The summed E-state index contributed by atoms with van der Waals surface area (Å²) >= 11 is 0. The summed E-state index contributed by atoms with van der Waals surface area (Å²) in [4.78, 5) is 4.39. The first-order chi connectivity index (χ1) is 16.0. The molecule has 1 aromatic heterocycles. The Morgan fingerprint density at radius 1 is 0.909 bits per heavy atom. The molecule has 1 saturated heterocycles. The molecule has 2 heterocycles. The number of unbranched alkanes of at least 4 members (excludes halogenated alkanes) is 5. The lowest BCUT2D eigenvalue weighted by Gasteiger charge is -2.39. The molecule has 0 bridgehead atoms. The number of hydrogen-bond donors (Lipinski definition) is 4. The molecule has 3 rings (SSSR count). The van der Waals surface area contributed by atoms with Crippen LogP contribution in [0.1, 0.15) is 38.5 Å². The van der Waals surface area contributed by atoms with Gasteiger partial charge in [0.15, 0.2) is 6.29 Å². The number of hydrogen-bond acceptors (Lipinski definition) is 9. The fraction of sp³-hybridized carbons (Fsp3) is 0.625. The average molecular weight is 466 g/mol. The minimum atomic E-state index is -1.48. The van der Waals surface area contributed by atoms with E-state index in [1.807, 2.05) is 30.3 Å². The Morgan fingerprint density at radius 2 is 1.64 bits per heavy atom. The standard InChI is InChI=1S/C24H35NO8/c1-30-20-11-8-16-14-17(9-10-18(16)25-20)31-12-6-4-2-3-5-7-13-32-23-21(27)19(15-26)33-24(29)22(23)28/h8-11,14,19,21-24,26-29H,2-7,12-13,15H2,1H3/t19-,21-,22-,23+,24?/m1/s1. The van der Waals surface area contributed by atoms with E-state index in [1.165, 1.54) is 0 Å². The van der Waals surface area contributed by atoms with Gasteiger partial charge in [-0.3, -0.25) is 0 Å². The molecule has 1 aromatic carbocycles. The molecule has 33 heavy (non-hydrogen) atoms. The van der Waals surface area contributed by atoms with Gasteiger partial charge in [-0.1, -0.05) is 25.7 Å². The molecule has 0 saturated carbocycles. The maximum absolute atomic E-state index is 10.1. The summed E-state index contributed by atoms with van der Waals surface area (Å²) in [5, 5.41) is 39.9. The summed E-state index contributed by atoms with van der Waals surface area (Å²) < 4.78 is 21.5. The van der Waals surface area contributed by atoms with Crippen LogP contribution in [0.15, 0.2) is 30.3 Å². The Kier molecular flexibility index (Phi) is 10.1. The molecule has 0 aliphatic carbocycles. The average Bonchev–Trinajstić information content (AvgIpc) is 2.83. The lowest BCUT2D eigenvalue weighted by atomic mass is 9.99. The van der Waals surface area contributed by atoms with Crippen LogP contribution in [0, 0.1) is 0 Å². The Hall–Kier alpha value is -2.01. The quantitative estimate of drug-likeness (QED) is 0.327. The number of methoxy groups -OCH3 is 1. The zero-order valence-corrected chi connectivity index (χ0v) is 19.0. The third-order valence-corrected chi connectivity index (χ3v) is 5.80. The molecule has 0 radical (unpaired) electrons. The third kappa shape index (κ3) is 7.23. The van der Waals surface area contributed by atoms with Crippen molar-refractivity contribution >= 4 is 10.9 Å². The summed E-state index contributed by atoms with van der Waals surface area (Å²) in [6.07, 6.45) is -0.0437. The van der Waals surface area contributed by atoms with Crippen molar-refractivity contribution < 1.29 is 39.4 Å². The molecule has 5 atom stereocenters. The fourth-order valence-electron chi connectivity index (χ4n) is 3.87. The van der Waals surface area contributed by atoms with Crippen molar-refractivity contribution in [2.45, 2.75) is 69.2 Å². The number of pyridine rings is 1. The van der Waals surface area contributed by atoms with Gasteiger partial charge in [0.1, 0.15) is 30.2 Å². The number of fused-ring (bicyclic) bond motifs is 1. The van der Waals surface area contributed by atoms with Crippen LogP contribution in [-0.2, 0) is 9.47 Å². The number of aliphatic hydroxyl groups excluding tert-OH is 4. The van der Waals surface area contributed by atoms with Crippen LogP contribution in [0.4, 0.5) is 0 Å². The molecule has 184 valence electrons. The van der Waals surface area contributed by atoms with Gasteiger partial charge in [0.25, 0.3) is 0 Å². The van der Waals surface area contributed by atoms with E-state index in [9.17, 15) is 20.4 Å².